The van der Waals surface area contributed by atoms with Crippen molar-refractivity contribution in [2.45, 2.75) is 18.9 Å². The molecule has 2 N–H and O–H groups in total. The lowest BCUT2D eigenvalue weighted by molar-refractivity contribution is -0.139. The molecule has 8 nitrogen and oxygen atoms in total. The molecule has 1 heterocycles. The van der Waals surface area contributed by atoms with Gasteiger partial charge in [0, 0.05) is 30.6 Å². The Labute approximate surface area is 215 Å². The van der Waals surface area contributed by atoms with E-state index in [0.29, 0.717) is 27.6 Å². The first kappa shape index (κ1) is 26.2. The second-order valence-electron chi connectivity index (χ2n) is 8.64. The summed E-state index contributed by atoms with van der Waals surface area (Å²) in [6.45, 7) is 3.65. The van der Waals surface area contributed by atoms with E-state index >= 15 is 0 Å². The van der Waals surface area contributed by atoms with E-state index < -0.39 is 46.4 Å². The summed E-state index contributed by atoms with van der Waals surface area (Å²) in [6, 6.07) is 11.2. The van der Waals surface area contributed by atoms with Crippen molar-refractivity contribution >= 4 is 22.6 Å². The average molecular weight is 520 g/mol. The van der Waals surface area contributed by atoms with E-state index in [-0.39, 0.29) is 12.8 Å². The molecule has 0 fully saturated rings. The van der Waals surface area contributed by atoms with Crippen molar-refractivity contribution in [1.82, 2.24) is 14.5 Å². The highest BCUT2D eigenvalue weighted by Crippen LogP contribution is 2.25. The summed E-state index contributed by atoms with van der Waals surface area (Å²) in [6.07, 6.45) is 3.03. The molecule has 0 radical (unpaired) electrons. The number of aromatic nitrogens is 2. The molecular weight excluding hydrogens is 496 g/mol. The number of fused-ring (bicyclic) bond motifs is 1. The van der Waals surface area contributed by atoms with Crippen LogP contribution in [0.5, 0.6) is 0 Å². The number of nitrogens with one attached hydrogen (secondary N) is 1. The van der Waals surface area contributed by atoms with Crippen molar-refractivity contribution in [2.24, 2.45) is 7.05 Å². The molecule has 0 unspecified atom stereocenters. The maximum atomic E-state index is 14.1. The molecule has 1 aromatic heterocycles. The molecule has 0 aliphatic heterocycles. The van der Waals surface area contributed by atoms with E-state index in [1.54, 1.807) is 42.5 Å². The van der Waals surface area contributed by atoms with Gasteiger partial charge in [-0.3, -0.25) is 9.59 Å². The van der Waals surface area contributed by atoms with Crippen molar-refractivity contribution in [3.05, 3.63) is 123 Å². The lowest BCUT2D eigenvalue weighted by Gasteiger charge is -2.18. The fourth-order valence-electron chi connectivity index (χ4n) is 4.34. The number of aryl methyl sites for hydroxylation is 1. The van der Waals surface area contributed by atoms with Crippen LogP contribution >= 0.6 is 0 Å². The smallest absolute Gasteiger partial charge is 0.335 e. The van der Waals surface area contributed by atoms with Crippen LogP contribution in [0, 0.1) is 11.6 Å². The van der Waals surface area contributed by atoms with Gasteiger partial charge in [-0.05, 0) is 35.6 Å². The zero-order chi connectivity index (χ0) is 27.6. The van der Waals surface area contributed by atoms with Gasteiger partial charge in [0.2, 0.25) is 0 Å². The molecule has 194 valence electrons. The molecule has 1 amide bonds. The predicted octanol–water partition coefficient (Wildman–Crippen LogP) is 3.12. The molecule has 38 heavy (non-hydrogen) atoms. The molecule has 0 aliphatic rings. The SMILES string of the molecule is C=CCc1cn(C)c(=O)n(-c2cccc3c(C[C@H](NC(=O)c4c(F)cccc4F)C(=O)O)cccc23)c1=O. The number of carbonyl (C=O) groups excluding carboxylic acids is 1. The third kappa shape index (κ3) is 4.88. The second kappa shape index (κ2) is 10.6. The molecule has 10 heteroatoms. The van der Waals surface area contributed by atoms with Crippen LogP contribution in [0.3, 0.4) is 0 Å². The summed E-state index contributed by atoms with van der Waals surface area (Å²) in [5.74, 6) is -4.85. The number of allylic oxidation sites excluding steroid dienone is 1. The molecule has 1 atom stereocenters. The lowest BCUT2D eigenvalue weighted by atomic mass is 9.97. The highest BCUT2D eigenvalue weighted by Gasteiger charge is 2.25. The summed E-state index contributed by atoms with van der Waals surface area (Å²) >= 11 is 0. The highest BCUT2D eigenvalue weighted by molar-refractivity contribution is 5.97. The van der Waals surface area contributed by atoms with Gasteiger partial charge >= 0.3 is 11.7 Å². The summed E-state index contributed by atoms with van der Waals surface area (Å²) < 4.78 is 30.4. The molecular formula is C28H23F2N3O5. The summed E-state index contributed by atoms with van der Waals surface area (Å²) in [5.41, 5.74) is -0.821. The lowest BCUT2D eigenvalue weighted by Crippen LogP contribution is -2.43. The number of amides is 1. The maximum Gasteiger partial charge on any atom is 0.335 e. The number of carboxylic acids is 1. The van der Waals surface area contributed by atoms with Crippen LogP contribution in [-0.4, -0.2) is 32.2 Å². The number of hydrogen-bond donors (Lipinski definition) is 2. The van der Waals surface area contributed by atoms with E-state index in [9.17, 15) is 33.1 Å². The van der Waals surface area contributed by atoms with Gasteiger partial charge < -0.3 is 15.0 Å². The van der Waals surface area contributed by atoms with Crippen LogP contribution in [0.4, 0.5) is 8.78 Å². The largest absolute Gasteiger partial charge is 0.480 e. The predicted molar refractivity (Wildman–Crippen MR) is 138 cm³/mol. The van der Waals surface area contributed by atoms with Gasteiger partial charge in [0.15, 0.2) is 0 Å². The van der Waals surface area contributed by atoms with E-state index in [0.717, 1.165) is 22.8 Å². The first-order valence-corrected chi connectivity index (χ1v) is 11.5. The van der Waals surface area contributed by atoms with Crippen LogP contribution in [0.15, 0.2) is 83.0 Å². The Kier molecular flexibility index (Phi) is 7.33. The molecule has 0 bridgehead atoms. The van der Waals surface area contributed by atoms with Crippen molar-refractivity contribution in [2.75, 3.05) is 0 Å². The number of aliphatic carboxylic acids is 1. The number of hydrogen-bond acceptors (Lipinski definition) is 4. The van der Waals surface area contributed by atoms with Crippen LogP contribution in [0.1, 0.15) is 21.5 Å². The second-order valence-corrected chi connectivity index (χ2v) is 8.64. The maximum absolute atomic E-state index is 14.1. The Morgan fingerprint density at radius 2 is 1.63 bits per heavy atom. The standard InChI is InChI=1S/C28H23F2N3O5/c1-3-7-17-15-32(2)28(38)33(26(17)35)23-13-5-9-18-16(8-4-10-19(18)23)14-22(27(36)37)31-25(34)24-20(29)11-6-12-21(24)30/h3-6,8-13,15,22H,1,7,14H2,2H3,(H,31,34)(H,36,37)/t22-/m0/s1. The minimum absolute atomic E-state index is 0.235. The van der Waals surface area contributed by atoms with Crippen LogP contribution < -0.4 is 16.6 Å². The van der Waals surface area contributed by atoms with Gasteiger partial charge in [-0.2, -0.15) is 0 Å². The van der Waals surface area contributed by atoms with Gasteiger partial charge in [-0.25, -0.2) is 22.9 Å². The Bertz CT molecular complexity index is 1690. The van der Waals surface area contributed by atoms with E-state index in [4.69, 9.17) is 0 Å². The molecule has 0 saturated heterocycles. The van der Waals surface area contributed by atoms with Gasteiger partial charge in [-0.15, -0.1) is 6.58 Å². The van der Waals surface area contributed by atoms with Gasteiger partial charge in [0.05, 0.1) is 5.69 Å². The normalized spacial score (nSPS) is 11.8. The average Bonchev–Trinajstić information content (AvgIpc) is 2.87. The fraction of sp³-hybridized carbons (Fsp3) is 0.143. The number of carbonyl (C=O) groups is 2. The van der Waals surface area contributed by atoms with Crippen LogP contribution in [0.25, 0.3) is 16.5 Å². The summed E-state index contributed by atoms with van der Waals surface area (Å²) in [5, 5.41) is 13.0. The highest BCUT2D eigenvalue weighted by atomic mass is 19.1. The number of benzene rings is 3. The first-order chi connectivity index (χ1) is 18.1. The topological polar surface area (TPSA) is 110 Å². The quantitative estimate of drug-likeness (QED) is 0.348. The molecule has 4 aromatic rings. The molecule has 0 aliphatic carbocycles. The first-order valence-electron chi connectivity index (χ1n) is 11.5. The van der Waals surface area contributed by atoms with Crippen LogP contribution in [0.2, 0.25) is 0 Å². The van der Waals surface area contributed by atoms with Crippen molar-refractivity contribution in [1.29, 1.82) is 0 Å². The Hall–Kier alpha value is -4.86. The third-order valence-electron chi connectivity index (χ3n) is 6.13. The number of halogens is 2. The number of nitrogens with zero attached hydrogens (tertiary/aromatic N) is 2. The van der Waals surface area contributed by atoms with Gasteiger partial charge in [0.25, 0.3) is 11.5 Å². The van der Waals surface area contributed by atoms with Gasteiger partial charge in [-0.1, -0.05) is 42.5 Å². The summed E-state index contributed by atoms with van der Waals surface area (Å²) in [7, 11) is 1.53. The van der Waals surface area contributed by atoms with Crippen LogP contribution in [-0.2, 0) is 24.7 Å². The Morgan fingerprint density at radius 3 is 2.29 bits per heavy atom. The molecule has 0 saturated carbocycles. The Balaban J connectivity index is 1.78. The minimum Gasteiger partial charge on any atom is -0.480 e. The van der Waals surface area contributed by atoms with E-state index in [1.807, 2.05) is 0 Å². The Morgan fingerprint density at radius 1 is 1.00 bits per heavy atom. The van der Waals surface area contributed by atoms with Crippen molar-refractivity contribution < 1.29 is 23.5 Å². The molecule has 4 rings (SSSR count). The minimum atomic E-state index is -1.53. The third-order valence-corrected chi connectivity index (χ3v) is 6.13. The number of rotatable bonds is 8. The van der Waals surface area contributed by atoms with E-state index in [1.165, 1.54) is 17.8 Å². The molecule has 3 aromatic carbocycles. The zero-order valence-corrected chi connectivity index (χ0v) is 20.3. The molecule has 0 spiro atoms. The van der Waals surface area contributed by atoms with Gasteiger partial charge in [0.1, 0.15) is 23.2 Å². The summed E-state index contributed by atoms with van der Waals surface area (Å²) in [4.78, 5) is 50.7. The monoisotopic (exact) mass is 519 g/mol. The van der Waals surface area contributed by atoms with Crippen molar-refractivity contribution in [3.63, 3.8) is 0 Å². The fourth-order valence-corrected chi connectivity index (χ4v) is 4.34. The van der Waals surface area contributed by atoms with E-state index in [2.05, 4.69) is 11.9 Å². The zero-order valence-electron chi connectivity index (χ0n) is 20.3. The number of carboxylic acid groups (broad SMARTS) is 1. The van der Waals surface area contributed by atoms with Crippen molar-refractivity contribution in [3.8, 4) is 5.69 Å².